The molecule has 2 atom stereocenters. The second-order valence-corrected chi connectivity index (χ2v) is 3.61. The maximum Gasteiger partial charge on any atom is 0.0779 e. The number of hydrogen-bond acceptors (Lipinski definition) is 3. The zero-order chi connectivity index (χ0) is 9.56. The molecule has 0 aromatic rings. The predicted octanol–water partition coefficient (Wildman–Crippen LogP) is 0.791. The Balaban J connectivity index is 3.36. The minimum atomic E-state index is -0.404. The fraction of sp³-hybridized carbons (Fsp3) is 1.00. The van der Waals surface area contributed by atoms with Crippen molar-refractivity contribution in [1.29, 1.82) is 0 Å². The zero-order valence-corrected chi connectivity index (χ0v) is 8.16. The van der Waals surface area contributed by atoms with Crippen LogP contribution in [-0.4, -0.2) is 35.6 Å². The van der Waals surface area contributed by atoms with Crippen molar-refractivity contribution in [2.45, 2.75) is 39.4 Å². The third kappa shape index (κ3) is 6.58. The summed E-state index contributed by atoms with van der Waals surface area (Å²) in [6, 6.07) is 0. The average molecular weight is 176 g/mol. The van der Waals surface area contributed by atoms with Crippen LogP contribution in [0.3, 0.4) is 0 Å². The van der Waals surface area contributed by atoms with Crippen LogP contribution in [-0.2, 0) is 4.74 Å². The van der Waals surface area contributed by atoms with Crippen LogP contribution in [0.25, 0.3) is 0 Å². The predicted molar refractivity (Wildman–Crippen MR) is 48.0 cm³/mol. The molecule has 0 spiro atoms. The normalized spacial score (nSPS) is 16.5. The molecule has 3 heteroatoms. The van der Waals surface area contributed by atoms with Crippen LogP contribution in [0, 0.1) is 5.92 Å². The Labute approximate surface area is 74.4 Å². The van der Waals surface area contributed by atoms with Gasteiger partial charge in [-0.05, 0) is 19.3 Å². The smallest absolute Gasteiger partial charge is 0.0779 e. The molecule has 0 aromatic carbocycles. The van der Waals surface area contributed by atoms with Crippen LogP contribution < -0.4 is 0 Å². The van der Waals surface area contributed by atoms with Gasteiger partial charge in [-0.2, -0.15) is 0 Å². The lowest BCUT2D eigenvalue weighted by molar-refractivity contribution is -0.0285. The molecule has 2 unspecified atom stereocenters. The Morgan fingerprint density at radius 3 is 2.25 bits per heavy atom. The monoisotopic (exact) mass is 176 g/mol. The molecule has 0 aliphatic rings. The Kier molecular flexibility index (Phi) is 6.34. The molecule has 0 saturated heterocycles. The molecule has 12 heavy (non-hydrogen) atoms. The second-order valence-electron chi connectivity index (χ2n) is 3.61. The number of ether oxygens (including phenoxy) is 1. The lowest BCUT2D eigenvalue weighted by Crippen LogP contribution is -2.23. The molecule has 0 saturated carbocycles. The van der Waals surface area contributed by atoms with E-state index in [1.54, 1.807) is 6.92 Å². The average Bonchev–Trinajstić information content (AvgIpc) is 1.99. The highest BCUT2D eigenvalue weighted by Crippen LogP contribution is 2.05. The highest BCUT2D eigenvalue weighted by atomic mass is 16.5. The first-order valence-corrected chi connectivity index (χ1v) is 4.46. The van der Waals surface area contributed by atoms with E-state index in [-0.39, 0.29) is 12.7 Å². The maximum atomic E-state index is 9.36. The quantitative estimate of drug-likeness (QED) is 0.629. The summed E-state index contributed by atoms with van der Waals surface area (Å²) in [6.45, 7) is 6.22. The number of rotatable bonds is 6. The molecular weight excluding hydrogens is 156 g/mol. The number of aliphatic hydroxyl groups excluding tert-OH is 2. The van der Waals surface area contributed by atoms with Gasteiger partial charge < -0.3 is 14.9 Å². The molecule has 0 aliphatic carbocycles. The van der Waals surface area contributed by atoms with Crippen LogP contribution in [0.15, 0.2) is 0 Å². The molecule has 0 radical (unpaired) electrons. The van der Waals surface area contributed by atoms with Gasteiger partial charge in [-0.1, -0.05) is 13.8 Å². The standard InChI is InChI=1S/C9H20O3/c1-7(2)4-9(11)6-12-8(3)5-10/h7-11H,4-6H2,1-3H3. The van der Waals surface area contributed by atoms with Gasteiger partial charge in [0.05, 0.1) is 25.4 Å². The number of hydrogen-bond donors (Lipinski definition) is 2. The van der Waals surface area contributed by atoms with Crippen LogP contribution in [0.2, 0.25) is 0 Å². The van der Waals surface area contributed by atoms with Crippen molar-refractivity contribution in [1.82, 2.24) is 0 Å². The highest BCUT2D eigenvalue weighted by Gasteiger charge is 2.08. The van der Waals surface area contributed by atoms with Crippen molar-refractivity contribution in [3.8, 4) is 0 Å². The van der Waals surface area contributed by atoms with Crippen LogP contribution in [0.4, 0.5) is 0 Å². The summed E-state index contributed by atoms with van der Waals surface area (Å²) in [5, 5.41) is 18.0. The van der Waals surface area contributed by atoms with E-state index in [1.165, 1.54) is 0 Å². The minimum absolute atomic E-state index is 0.00833. The Bertz CT molecular complexity index is 104. The van der Waals surface area contributed by atoms with Crippen LogP contribution in [0.1, 0.15) is 27.2 Å². The Morgan fingerprint density at radius 2 is 1.83 bits per heavy atom. The van der Waals surface area contributed by atoms with Gasteiger partial charge in [0.1, 0.15) is 0 Å². The van der Waals surface area contributed by atoms with Crippen molar-refractivity contribution in [2.75, 3.05) is 13.2 Å². The van der Waals surface area contributed by atoms with E-state index in [1.807, 2.05) is 0 Å². The van der Waals surface area contributed by atoms with Gasteiger partial charge in [-0.3, -0.25) is 0 Å². The van der Waals surface area contributed by atoms with Crippen molar-refractivity contribution in [2.24, 2.45) is 5.92 Å². The molecular formula is C9H20O3. The minimum Gasteiger partial charge on any atom is -0.394 e. The van der Waals surface area contributed by atoms with E-state index >= 15 is 0 Å². The van der Waals surface area contributed by atoms with E-state index in [9.17, 15) is 5.11 Å². The second kappa shape index (κ2) is 6.40. The molecule has 0 amide bonds. The summed E-state index contributed by atoms with van der Waals surface area (Å²) < 4.78 is 5.15. The van der Waals surface area contributed by atoms with E-state index in [4.69, 9.17) is 9.84 Å². The first kappa shape index (κ1) is 11.9. The Hall–Kier alpha value is -0.120. The van der Waals surface area contributed by atoms with Crippen LogP contribution >= 0.6 is 0 Å². The largest absolute Gasteiger partial charge is 0.394 e. The summed E-state index contributed by atoms with van der Waals surface area (Å²) in [7, 11) is 0. The van der Waals surface area contributed by atoms with Crippen molar-refractivity contribution >= 4 is 0 Å². The highest BCUT2D eigenvalue weighted by molar-refractivity contribution is 4.58. The topological polar surface area (TPSA) is 49.7 Å². The van der Waals surface area contributed by atoms with Crippen LogP contribution in [0.5, 0.6) is 0 Å². The van der Waals surface area contributed by atoms with E-state index in [0.717, 1.165) is 6.42 Å². The first-order valence-electron chi connectivity index (χ1n) is 4.46. The third-order valence-corrected chi connectivity index (χ3v) is 1.57. The van der Waals surface area contributed by atoms with E-state index in [0.29, 0.717) is 12.5 Å². The van der Waals surface area contributed by atoms with Gasteiger partial charge in [0, 0.05) is 0 Å². The van der Waals surface area contributed by atoms with Gasteiger partial charge in [-0.25, -0.2) is 0 Å². The number of aliphatic hydroxyl groups is 2. The fourth-order valence-electron chi connectivity index (χ4n) is 0.940. The molecule has 0 rings (SSSR count). The SMILES string of the molecule is CC(C)CC(O)COC(C)CO. The maximum absolute atomic E-state index is 9.36. The van der Waals surface area contributed by atoms with Gasteiger partial charge in [0.2, 0.25) is 0 Å². The van der Waals surface area contributed by atoms with Gasteiger partial charge in [0.25, 0.3) is 0 Å². The van der Waals surface area contributed by atoms with E-state index in [2.05, 4.69) is 13.8 Å². The lowest BCUT2D eigenvalue weighted by Gasteiger charge is -2.15. The van der Waals surface area contributed by atoms with Gasteiger partial charge >= 0.3 is 0 Å². The molecule has 0 heterocycles. The summed E-state index contributed by atoms with van der Waals surface area (Å²) in [4.78, 5) is 0. The first-order chi connectivity index (χ1) is 5.56. The molecule has 0 aromatic heterocycles. The summed E-state index contributed by atoms with van der Waals surface area (Å²) in [5.74, 6) is 0.480. The third-order valence-electron chi connectivity index (χ3n) is 1.57. The zero-order valence-electron chi connectivity index (χ0n) is 8.16. The van der Waals surface area contributed by atoms with Crippen molar-refractivity contribution in [3.05, 3.63) is 0 Å². The molecule has 0 aliphatic heterocycles. The summed E-state index contributed by atoms with van der Waals surface area (Å²) >= 11 is 0. The summed E-state index contributed by atoms with van der Waals surface area (Å²) in [5.41, 5.74) is 0. The molecule has 74 valence electrons. The molecule has 0 fully saturated rings. The lowest BCUT2D eigenvalue weighted by atomic mass is 10.1. The Morgan fingerprint density at radius 1 is 1.25 bits per heavy atom. The molecule has 3 nitrogen and oxygen atoms in total. The molecule has 0 bridgehead atoms. The molecule has 2 N–H and O–H groups in total. The van der Waals surface area contributed by atoms with Gasteiger partial charge in [-0.15, -0.1) is 0 Å². The van der Waals surface area contributed by atoms with Crippen molar-refractivity contribution < 1.29 is 14.9 Å². The fourth-order valence-corrected chi connectivity index (χ4v) is 0.940. The van der Waals surface area contributed by atoms with Gasteiger partial charge in [0.15, 0.2) is 0 Å². The van der Waals surface area contributed by atoms with Crippen molar-refractivity contribution in [3.63, 3.8) is 0 Å². The summed E-state index contributed by atoms with van der Waals surface area (Å²) in [6.07, 6.45) is 0.170. The van der Waals surface area contributed by atoms with E-state index < -0.39 is 6.10 Å².